The Kier molecular flexibility index (Phi) is 5.69. The number of nitrogens with one attached hydrogen (secondary N) is 2. The smallest absolute Gasteiger partial charge is 0.315 e. The largest absolute Gasteiger partial charge is 0.373 e. The second kappa shape index (κ2) is 8.36. The molecule has 0 spiro atoms. The van der Waals surface area contributed by atoms with Gasteiger partial charge in [-0.15, -0.1) is 0 Å². The Labute approximate surface area is 142 Å². The molecular weight excluding hydrogens is 302 g/mol. The second-order valence-corrected chi connectivity index (χ2v) is 5.82. The lowest BCUT2D eigenvalue weighted by molar-refractivity contribution is 0.0424. The van der Waals surface area contributed by atoms with Crippen molar-refractivity contribution in [1.82, 2.24) is 10.6 Å². The monoisotopic (exact) mass is 325 g/mol. The summed E-state index contributed by atoms with van der Waals surface area (Å²) < 4.78 is 5.76. The van der Waals surface area contributed by atoms with Crippen molar-refractivity contribution in [3.8, 4) is 0 Å². The summed E-state index contributed by atoms with van der Waals surface area (Å²) in [4.78, 5) is 14.2. The Hall–Kier alpha value is -2.53. The van der Waals surface area contributed by atoms with Gasteiger partial charge < -0.3 is 20.3 Å². The van der Waals surface area contributed by atoms with Gasteiger partial charge in [0.1, 0.15) is 0 Å². The molecule has 2 amide bonds. The van der Waals surface area contributed by atoms with Crippen LogP contribution < -0.4 is 15.5 Å². The van der Waals surface area contributed by atoms with Crippen molar-refractivity contribution in [1.29, 1.82) is 0 Å². The maximum atomic E-state index is 11.9. The molecule has 1 heterocycles. The van der Waals surface area contributed by atoms with Crippen molar-refractivity contribution in [3.05, 3.63) is 66.2 Å². The van der Waals surface area contributed by atoms with Crippen LogP contribution >= 0.6 is 0 Å². The summed E-state index contributed by atoms with van der Waals surface area (Å²) in [6.07, 6.45) is 0.00133. The lowest BCUT2D eigenvalue weighted by Gasteiger charge is -2.34. The first kappa shape index (κ1) is 16.3. The standard InChI is InChI=1S/C19H23N3O2/c23-19(20-13-16-7-3-1-4-8-16)21-14-18-15-22(11-12-24-18)17-9-5-2-6-10-17/h1-10,18H,11-15H2,(H2,20,21,23). The summed E-state index contributed by atoms with van der Waals surface area (Å²) >= 11 is 0. The summed E-state index contributed by atoms with van der Waals surface area (Å²) in [5.41, 5.74) is 2.27. The van der Waals surface area contributed by atoms with Crippen LogP contribution in [0.15, 0.2) is 60.7 Å². The fourth-order valence-corrected chi connectivity index (χ4v) is 2.76. The van der Waals surface area contributed by atoms with Crippen molar-refractivity contribution in [2.75, 3.05) is 31.1 Å². The van der Waals surface area contributed by atoms with E-state index in [-0.39, 0.29) is 12.1 Å². The molecule has 1 unspecified atom stereocenters. The van der Waals surface area contributed by atoms with Gasteiger partial charge >= 0.3 is 6.03 Å². The van der Waals surface area contributed by atoms with E-state index in [1.807, 2.05) is 48.5 Å². The number of morpholine rings is 1. The fraction of sp³-hybridized carbons (Fsp3) is 0.316. The first-order valence-electron chi connectivity index (χ1n) is 8.28. The molecule has 2 aromatic rings. The minimum Gasteiger partial charge on any atom is -0.373 e. The van der Waals surface area contributed by atoms with E-state index in [0.29, 0.717) is 19.7 Å². The maximum Gasteiger partial charge on any atom is 0.315 e. The van der Waals surface area contributed by atoms with Gasteiger partial charge in [-0.25, -0.2) is 4.79 Å². The van der Waals surface area contributed by atoms with Crippen LogP contribution in [0.4, 0.5) is 10.5 Å². The highest BCUT2D eigenvalue weighted by atomic mass is 16.5. The number of nitrogens with zero attached hydrogens (tertiary/aromatic N) is 1. The number of hydrogen-bond acceptors (Lipinski definition) is 3. The highest BCUT2D eigenvalue weighted by Gasteiger charge is 2.21. The number of urea groups is 1. The molecule has 24 heavy (non-hydrogen) atoms. The van der Waals surface area contributed by atoms with E-state index in [1.54, 1.807) is 0 Å². The Morgan fingerprint density at radius 1 is 1.04 bits per heavy atom. The van der Waals surface area contributed by atoms with Crippen LogP contribution in [0.1, 0.15) is 5.56 Å². The number of anilines is 1. The molecule has 1 fully saturated rings. The second-order valence-electron chi connectivity index (χ2n) is 5.82. The molecule has 1 atom stereocenters. The average molecular weight is 325 g/mol. The van der Waals surface area contributed by atoms with Gasteiger partial charge in [0.15, 0.2) is 0 Å². The Morgan fingerprint density at radius 2 is 1.75 bits per heavy atom. The number of benzene rings is 2. The Bertz CT molecular complexity index is 634. The van der Waals surface area contributed by atoms with E-state index in [1.165, 1.54) is 5.69 Å². The molecule has 2 aromatic carbocycles. The molecular formula is C19H23N3O2. The van der Waals surface area contributed by atoms with Crippen LogP contribution in [0.25, 0.3) is 0 Å². The van der Waals surface area contributed by atoms with Crippen molar-refractivity contribution in [2.24, 2.45) is 0 Å². The molecule has 126 valence electrons. The third-order valence-corrected chi connectivity index (χ3v) is 4.05. The van der Waals surface area contributed by atoms with Crippen LogP contribution in [0.2, 0.25) is 0 Å². The number of para-hydroxylation sites is 1. The molecule has 5 nitrogen and oxygen atoms in total. The van der Waals surface area contributed by atoms with Crippen LogP contribution in [0, 0.1) is 0 Å². The molecule has 3 rings (SSSR count). The fourth-order valence-electron chi connectivity index (χ4n) is 2.76. The molecule has 0 bridgehead atoms. The van der Waals surface area contributed by atoms with Gasteiger partial charge in [0.2, 0.25) is 0 Å². The normalized spacial score (nSPS) is 17.3. The van der Waals surface area contributed by atoms with Crippen LogP contribution in [-0.4, -0.2) is 38.4 Å². The predicted molar refractivity (Wildman–Crippen MR) is 95.1 cm³/mol. The summed E-state index contributed by atoms with van der Waals surface area (Å²) in [5.74, 6) is 0. The van der Waals surface area contributed by atoms with Gasteiger partial charge in [-0.1, -0.05) is 48.5 Å². The summed E-state index contributed by atoms with van der Waals surface area (Å²) in [5, 5.41) is 5.76. The number of amides is 2. The van der Waals surface area contributed by atoms with Gasteiger partial charge in [-0.2, -0.15) is 0 Å². The van der Waals surface area contributed by atoms with Crippen LogP contribution in [0.5, 0.6) is 0 Å². The molecule has 0 aromatic heterocycles. The lowest BCUT2D eigenvalue weighted by atomic mass is 10.2. The quantitative estimate of drug-likeness (QED) is 0.887. The van der Waals surface area contributed by atoms with Gasteiger partial charge in [-0.05, 0) is 17.7 Å². The Balaban J connectivity index is 1.42. The lowest BCUT2D eigenvalue weighted by Crippen LogP contribution is -2.49. The van der Waals surface area contributed by atoms with Crippen molar-refractivity contribution in [3.63, 3.8) is 0 Å². The van der Waals surface area contributed by atoms with E-state index in [4.69, 9.17) is 4.74 Å². The summed E-state index contributed by atoms with van der Waals surface area (Å²) in [6, 6.07) is 20.0. The third kappa shape index (κ3) is 4.73. The number of carbonyl (C=O) groups excluding carboxylic acids is 1. The van der Waals surface area contributed by atoms with Crippen LogP contribution in [0.3, 0.4) is 0 Å². The SMILES string of the molecule is O=C(NCc1ccccc1)NCC1CN(c2ccccc2)CCO1. The van der Waals surface area contributed by atoms with E-state index in [2.05, 4.69) is 27.7 Å². The number of carbonyl (C=O) groups is 1. The molecule has 1 saturated heterocycles. The maximum absolute atomic E-state index is 11.9. The average Bonchev–Trinajstić information content (AvgIpc) is 2.66. The predicted octanol–water partition coefficient (Wildman–Crippen LogP) is 2.39. The summed E-state index contributed by atoms with van der Waals surface area (Å²) in [6.45, 7) is 3.36. The van der Waals surface area contributed by atoms with Gasteiger partial charge in [0.25, 0.3) is 0 Å². The van der Waals surface area contributed by atoms with Gasteiger partial charge in [-0.3, -0.25) is 0 Å². The molecule has 0 saturated carbocycles. The summed E-state index contributed by atoms with van der Waals surface area (Å²) in [7, 11) is 0. The minimum atomic E-state index is -0.167. The zero-order valence-electron chi connectivity index (χ0n) is 13.7. The zero-order chi connectivity index (χ0) is 16.6. The van der Waals surface area contributed by atoms with Crippen molar-refractivity contribution < 1.29 is 9.53 Å². The molecule has 1 aliphatic rings. The topological polar surface area (TPSA) is 53.6 Å². The highest BCUT2D eigenvalue weighted by Crippen LogP contribution is 2.16. The molecule has 5 heteroatoms. The van der Waals surface area contributed by atoms with E-state index < -0.39 is 0 Å². The van der Waals surface area contributed by atoms with E-state index in [0.717, 1.165) is 18.7 Å². The number of hydrogen-bond donors (Lipinski definition) is 2. The molecule has 0 aliphatic carbocycles. The minimum absolute atomic E-state index is 0.00133. The highest BCUT2D eigenvalue weighted by molar-refractivity contribution is 5.73. The van der Waals surface area contributed by atoms with Gasteiger partial charge in [0.05, 0.1) is 12.7 Å². The van der Waals surface area contributed by atoms with Gasteiger partial charge in [0, 0.05) is 31.9 Å². The van der Waals surface area contributed by atoms with Crippen molar-refractivity contribution in [2.45, 2.75) is 12.6 Å². The molecule has 1 aliphatic heterocycles. The first-order valence-corrected chi connectivity index (χ1v) is 8.28. The van der Waals surface area contributed by atoms with E-state index in [9.17, 15) is 4.79 Å². The first-order chi connectivity index (χ1) is 11.8. The number of rotatable bonds is 5. The molecule has 2 N–H and O–H groups in total. The van der Waals surface area contributed by atoms with E-state index >= 15 is 0 Å². The zero-order valence-corrected chi connectivity index (χ0v) is 13.7. The third-order valence-electron chi connectivity index (χ3n) is 4.05. The Morgan fingerprint density at radius 3 is 2.50 bits per heavy atom. The number of ether oxygens (including phenoxy) is 1. The van der Waals surface area contributed by atoms with Crippen molar-refractivity contribution >= 4 is 11.7 Å². The molecule has 0 radical (unpaired) electrons. The van der Waals surface area contributed by atoms with Crippen LogP contribution in [-0.2, 0) is 11.3 Å².